The average molecular weight is 538 g/mol. The fourth-order valence-corrected chi connectivity index (χ4v) is 3.73. The molecule has 1 aromatic carbocycles. The van der Waals surface area contributed by atoms with Crippen LogP contribution in [0.3, 0.4) is 0 Å². The van der Waals surface area contributed by atoms with E-state index in [1.54, 1.807) is 19.2 Å². The van der Waals surface area contributed by atoms with Gasteiger partial charge in [-0.25, -0.2) is 12.8 Å². The van der Waals surface area contributed by atoms with E-state index in [-0.39, 0.29) is 48.8 Å². The second kappa shape index (κ2) is 10.6. The lowest BCUT2D eigenvalue weighted by atomic mass is 9.98. The highest BCUT2D eigenvalue weighted by Crippen LogP contribution is 2.30. The molecule has 160 valence electrons. The van der Waals surface area contributed by atoms with Gasteiger partial charge in [-0.1, -0.05) is 12.1 Å². The van der Waals surface area contributed by atoms with Crippen molar-refractivity contribution in [2.45, 2.75) is 24.9 Å². The smallest absolute Gasteiger partial charge is 0.356 e. The molecule has 0 aliphatic carbocycles. The molecule has 2 N–H and O–H groups in total. The van der Waals surface area contributed by atoms with Crippen LogP contribution in [0.25, 0.3) is 0 Å². The van der Waals surface area contributed by atoms with Crippen molar-refractivity contribution in [1.29, 1.82) is 0 Å². The van der Waals surface area contributed by atoms with Crippen LogP contribution in [0.5, 0.6) is 0 Å². The van der Waals surface area contributed by atoms with Crippen molar-refractivity contribution in [1.82, 2.24) is 14.9 Å². The van der Waals surface area contributed by atoms with E-state index in [9.17, 15) is 26.0 Å². The summed E-state index contributed by atoms with van der Waals surface area (Å²) in [4.78, 5) is 4.06. The molecule has 6 nitrogen and oxygen atoms in total. The molecule has 0 atom stereocenters. The standard InChI is InChI=1S/C16H22F4N4O2S.HI/c1-21-15(22-10-12-2-4-14(17)5-3-12)23-11-13-6-8-24(9-7-13)27(25,26)16(18,19)20;/h2-5,13H,6-11H2,1H3,(H2,21,22,23);1H. The maximum Gasteiger partial charge on any atom is 0.511 e. The molecule has 0 spiro atoms. The first-order valence-electron chi connectivity index (χ1n) is 8.39. The van der Waals surface area contributed by atoms with Crippen LogP contribution >= 0.6 is 24.0 Å². The molecule has 1 fully saturated rings. The Bertz CT molecular complexity index is 749. The lowest BCUT2D eigenvalue weighted by molar-refractivity contribution is -0.0496. The molecule has 0 amide bonds. The van der Waals surface area contributed by atoms with Gasteiger partial charge < -0.3 is 10.6 Å². The monoisotopic (exact) mass is 538 g/mol. The van der Waals surface area contributed by atoms with Gasteiger partial charge in [-0.3, -0.25) is 4.99 Å². The van der Waals surface area contributed by atoms with E-state index in [1.165, 1.54) is 12.1 Å². The number of hydrogen-bond acceptors (Lipinski definition) is 3. The van der Waals surface area contributed by atoms with Crippen molar-refractivity contribution in [3.8, 4) is 0 Å². The number of nitrogens with zero attached hydrogens (tertiary/aromatic N) is 2. The number of hydrogen-bond donors (Lipinski definition) is 2. The fraction of sp³-hybridized carbons (Fsp3) is 0.562. The SMILES string of the molecule is CN=C(NCc1ccc(F)cc1)NCC1CCN(S(=O)(=O)C(F)(F)F)CC1.I. The molecule has 28 heavy (non-hydrogen) atoms. The summed E-state index contributed by atoms with van der Waals surface area (Å²) in [5, 5.41) is 6.14. The van der Waals surface area contributed by atoms with Crippen LogP contribution in [0.15, 0.2) is 29.3 Å². The highest BCUT2D eigenvalue weighted by atomic mass is 127. The third-order valence-electron chi connectivity index (χ3n) is 4.36. The van der Waals surface area contributed by atoms with Gasteiger partial charge in [0, 0.05) is 33.2 Å². The Morgan fingerprint density at radius 1 is 1.18 bits per heavy atom. The number of benzene rings is 1. The van der Waals surface area contributed by atoms with Gasteiger partial charge in [0.15, 0.2) is 5.96 Å². The van der Waals surface area contributed by atoms with Gasteiger partial charge in [-0.2, -0.15) is 17.5 Å². The first-order valence-corrected chi connectivity index (χ1v) is 9.83. The van der Waals surface area contributed by atoms with E-state index in [4.69, 9.17) is 0 Å². The second-order valence-corrected chi connectivity index (χ2v) is 8.16. The third-order valence-corrected chi connectivity index (χ3v) is 5.99. The lowest BCUT2D eigenvalue weighted by Crippen LogP contribution is -2.47. The zero-order chi connectivity index (χ0) is 20.1. The maximum atomic E-state index is 12.9. The molecule has 0 bridgehead atoms. The number of aliphatic imine (C=N–C) groups is 1. The van der Waals surface area contributed by atoms with Crippen LogP contribution in [-0.4, -0.2) is 50.9 Å². The van der Waals surface area contributed by atoms with E-state index in [1.807, 2.05) is 0 Å². The number of halogens is 5. The van der Waals surface area contributed by atoms with Crippen molar-refractivity contribution < 1.29 is 26.0 Å². The van der Waals surface area contributed by atoms with E-state index in [2.05, 4.69) is 15.6 Å². The van der Waals surface area contributed by atoms with Gasteiger partial charge in [-0.15, -0.1) is 24.0 Å². The molecule has 0 saturated carbocycles. The number of alkyl halides is 3. The zero-order valence-electron chi connectivity index (χ0n) is 15.2. The predicted molar refractivity (Wildman–Crippen MR) is 109 cm³/mol. The Balaban J connectivity index is 0.00000392. The number of rotatable bonds is 5. The van der Waals surface area contributed by atoms with Crippen molar-refractivity contribution in [2.75, 3.05) is 26.7 Å². The Morgan fingerprint density at radius 2 is 1.75 bits per heavy atom. The highest BCUT2D eigenvalue weighted by Gasteiger charge is 2.50. The normalized spacial score (nSPS) is 17.1. The summed E-state index contributed by atoms with van der Waals surface area (Å²) in [5.74, 6) is 0.221. The van der Waals surface area contributed by atoms with Gasteiger partial charge in [0.1, 0.15) is 5.82 Å². The largest absolute Gasteiger partial charge is 0.511 e. The van der Waals surface area contributed by atoms with Crippen molar-refractivity contribution >= 4 is 40.0 Å². The minimum absolute atomic E-state index is 0. The molecule has 1 aliphatic rings. The molecular formula is C16H23F4IN4O2S. The summed E-state index contributed by atoms with van der Waals surface area (Å²) in [5.41, 5.74) is -4.39. The van der Waals surface area contributed by atoms with E-state index < -0.39 is 15.5 Å². The summed E-state index contributed by atoms with van der Waals surface area (Å²) in [6.45, 7) is 0.580. The Hall–Kier alpha value is -1.15. The first kappa shape index (κ1) is 24.9. The lowest BCUT2D eigenvalue weighted by Gasteiger charge is -2.31. The zero-order valence-corrected chi connectivity index (χ0v) is 18.3. The summed E-state index contributed by atoms with van der Waals surface area (Å²) in [6.07, 6.45) is 0.661. The molecule has 1 saturated heterocycles. The maximum absolute atomic E-state index is 12.9. The van der Waals surface area contributed by atoms with Gasteiger partial charge in [0.05, 0.1) is 0 Å². The summed E-state index contributed by atoms with van der Waals surface area (Å²) >= 11 is 0. The Labute approximate surface area is 178 Å². The quantitative estimate of drug-likeness (QED) is 0.262. The van der Waals surface area contributed by atoms with Gasteiger partial charge in [-0.05, 0) is 36.5 Å². The van der Waals surface area contributed by atoms with Crippen LogP contribution in [0, 0.1) is 11.7 Å². The van der Waals surface area contributed by atoms with Gasteiger partial charge >= 0.3 is 15.5 Å². The number of piperidine rings is 1. The Morgan fingerprint density at radius 3 is 2.25 bits per heavy atom. The second-order valence-electron chi connectivity index (χ2n) is 6.23. The van der Waals surface area contributed by atoms with Crippen LogP contribution in [0.4, 0.5) is 17.6 Å². The molecule has 0 aromatic heterocycles. The molecule has 1 heterocycles. The van der Waals surface area contributed by atoms with Crippen LogP contribution in [-0.2, 0) is 16.6 Å². The fourth-order valence-electron chi connectivity index (χ4n) is 2.75. The topological polar surface area (TPSA) is 73.8 Å². The molecule has 0 unspecified atom stereocenters. The third kappa shape index (κ3) is 6.72. The molecule has 1 aromatic rings. The van der Waals surface area contributed by atoms with E-state index in [0.717, 1.165) is 5.56 Å². The first-order chi connectivity index (χ1) is 12.6. The average Bonchev–Trinajstić information content (AvgIpc) is 2.62. The molecule has 1 aliphatic heterocycles. The van der Waals surface area contributed by atoms with Crippen LogP contribution in [0.2, 0.25) is 0 Å². The number of guanidine groups is 1. The van der Waals surface area contributed by atoms with Gasteiger partial charge in [0.25, 0.3) is 0 Å². The van der Waals surface area contributed by atoms with Crippen LogP contribution in [0.1, 0.15) is 18.4 Å². The number of nitrogens with one attached hydrogen (secondary N) is 2. The molecule has 2 rings (SSSR count). The molecule has 0 radical (unpaired) electrons. The minimum atomic E-state index is -5.26. The summed E-state index contributed by atoms with van der Waals surface area (Å²) in [6, 6.07) is 6.00. The van der Waals surface area contributed by atoms with Crippen molar-refractivity contribution in [2.24, 2.45) is 10.9 Å². The minimum Gasteiger partial charge on any atom is -0.356 e. The van der Waals surface area contributed by atoms with E-state index in [0.29, 0.717) is 36.2 Å². The van der Waals surface area contributed by atoms with Crippen molar-refractivity contribution in [3.63, 3.8) is 0 Å². The van der Waals surface area contributed by atoms with Crippen LogP contribution < -0.4 is 10.6 Å². The molecular weight excluding hydrogens is 515 g/mol. The van der Waals surface area contributed by atoms with E-state index >= 15 is 0 Å². The summed E-state index contributed by atoms with van der Waals surface area (Å²) < 4.78 is 73.9. The highest BCUT2D eigenvalue weighted by molar-refractivity contribution is 14.0. The van der Waals surface area contributed by atoms with Crippen molar-refractivity contribution in [3.05, 3.63) is 35.6 Å². The molecule has 12 heteroatoms. The summed E-state index contributed by atoms with van der Waals surface area (Å²) in [7, 11) is -3.67. The van der Waals surface area contributed by atoms with Gasteiger partial charge in [0.2, 0.25) is 0 Å². The number of sulfonamides is 1. The predicted octanol–water partition coefficient (Wildman–Crippen LogP) is 2.67. The Kier molecular flexibility index (Phi) is 9.40.